The Morgan fingerprint density at radius 1 is 1.30 bits per heavy atom. The molecule has 5 nitrogen and oxygen atoms in total. The maximum Gasteiger partial charge on any atom is 0.147 e. The lowest BCUT2D eigenvalue weighted by atomic mass is 10.3. The first-order chi connectivity index (χ1) is 9.70. The van der Waals surface area contributed by atoms with E-state index >= 15 is 0 Å². The quantitative estimate of drug-likeness (QED) is 0.913. The molecule has 0 atom stereocenters. The van der Waals surface area contributed by atoms with E-state index in [4.69, 9.17) is 0 Å². The zero-order valence-electron chi connectivity index (χ0n) is 12.0. The van der Waals surface area contributed by atoms with Gasteiger partial charge in [0.15, 0.2) is 0 Å². The Hall–Kier alpha value is -1.24. The van der Waals surface area contributed by atoms with Crippen molar-refractivity contribution in [3.8, 4) is 0 Å². The van der Waals surface area contributed by atoms with Crippen molar-refractivity contribution in [3.05, 3.63) is 34.0 Å². The molecule has 0 amide bonds. The minimum absolute atomic E-state index is 0.536. The van der Waals surface area contributed by atoms with Crippen molar-refractivity contribution in [3.63, 3.8) is 0 Å². The van der Waals surface area contributed by atoms with Gasteiger partial charge in [-0.05, 0) is 12.1 Å². The van der Waals surface area contributed by atoms with Crippen LogP contribution in [0.5, 0.6) is 0 Å². The van der Waals surface area contributed by atoms with Crippen molar-refractivity contribution in [1.29, 1.82) is 0 Å². The molecule has 0 aromatic carbocycles. The molecular weight excluding hydrogens is 270 g/mol. The van der Waals surface area contributed by atoms with E-state index in [1.807, 2.05) is 17.7 Å². The lowest BCUT2D eigenvalue weighted by Gasteiger charge is -2.26. The first-order valence-corrected chi connectivity index (χ1v) is 7.92. The largest absolute Gasteiger partial charge is 0.315 e. The molecule has 1 aliphatic rings. The first-order valence-electron chi connectivity index (χ1n) is 7.11. The van der Waals surface area contributed by atoms with Crippen LogP contribution in [0.25, 0.3) is 0 Å². The summed E-state index contributed by atoms with van der Waals surface area (Å²) in [6.45, 7) is 9.31. The van der Waals surface area contributed by atoms with Gasteiger partial charge in [-0.25, -0.2) is 0 Å². The molecule has 20 heavy (non-hydrogen) atoms. The summed E-state index contributed by atoms with van der Waals surface area (Å²) in [6.07, 6.45) is 1.83. The predicted molar refractivity (Wildman–Crippen MR) is 80.4 cm³/mol. The van der Waals surface area contributed by atoms with Crippen molar-refractivity contribution in [2.75, 3.05) is 6.54 Å². The van der Waals surface area contributed by atoms with E-state index in [1.165, 1.54) is 9.75 Å². The van der Waals surface area contributed by atoms with Gasteiger partial charge in [0.05, 0.1) is 6.54 Å². The summed E-state index contributed by atoms with van der Waals surface area (Å²) < 4.78 is 2.14. The number of hydrogen-bond donors (Lipinski definition) is 1. The van der Waals surface area contributed by atoms with Gasteiger partial charge in [0.2, 0.25) is 0 Å². The number of nitrogens with one attached hydrogen (secondary N) is 1. The molecule has 0 saturated carbocycles. The highest BCUT2D eigenvalue weighted by atomic mass is 32.1. The van der Waals surface area contributed by atoms with Gasteiger partial charge in [0.1, 0.15) is 12.2 Å². The molecule has 2 aromatic heterocycles. The lowest BCUT2D eigenvalue weighted by molar-refractivity contribution is 0.210. The molecule has 0 unspecified atom stereocenters. The number of nitrogens with zero attached hydrogens (tertiary/aromatic N) is 4. The minimum atomic E-state index is 0.536. The lowest BCUT2D eigenvalue weighted by Crippen LogP contribution is -2.32. The van der Waals surface area contributed by atoms with E-state index in [-0.39, 0.29) is 0 Å². The summed E-state index contributed by atoms with van der Waals surface area (Å²) in [7, 11) is 0. The van der Waals surface area contributed by atoms with Crippen LogP contribution in [0.15, 0.2) is 18.5 Å². The Balaban J connectivity index is 1.56. The predicted octanol–water partition coefficient (Wildman–Crippen LogP) is 1.85. The maximum atomic E-state index is 4.17. The molecule has 0 saturated heterocycles. The van der Waals surface area contributed by atoms with Gasteiger partial charge >= 0.3 is 0 Å². The fourth-order valence-electron chi connectivity index (χ4n) is 2.38. The molecular formula is C14H21N5S. The van der Waals surface area contributed by atoms with Crippen LogP contribution in [-0.4, -0.2) is 32.3 Å². The minimum Gasteiger partial charge on any atom is -0.315 e. The molecule has 0 fully saturated rings. The average Bonchev–Trinajstić information content (AvgIpc) is 3.04. The molecule has 3 rings (SSSR count). The zero-order chi connectivity index (χ0) is 13.9. The third-order valence-electron chi connectivity index (χ3n) is 3.50. The van der Waals surface area contributed by atoms with E-state index in [2.05, 4.69) is 51.0 Å². The summed E-state index contributed by atoms with van der Waals surface area (Å²) >= 11 is 1.90. The standard InChI is InChI=1S/C14H21N5S/c1-11(2)15-7-12-3-4-13(20-12)8-18-5-6-19-10-16-17-14(19)9-18/h3-4,10-11,15H,5-9H2,1-2H3. The maximum absolute atomic E-state index is 4.17. The average molecular weight is 291 g/mol. The highest BCUT2D eigenvalue weighted by molar-refractivity contribution is 7.11. The van der Waals surface area contributed by atoms with E-state index in [0.29, 0.717) is 6.04 Å². The third-order valence-corrected chi connectivity index (χ3v) is 4.57. The summed E-state index contributed by atoms with van der Waals surface area (Å²) in [5.41, 5.74) is 0. The fraction of sp³-hybridized carbons (Fsp3) is 0.571. The monoisotopic (exact) mass is 291 g/mol. The summed E-state index contributed by atoms with van der Waals surface area (Å²) in [4.78, 5) is 5.28. The molecule has 3 heterocycles. The fourth-order valence-corrected chi connectivity index (χ4v) is 3.39. The molecule has 108 valence electrons. The Morgan fingerprint density at radius 3 is 3.00 bits per heavy atom. The van der Waals surface area contributed by atoms with Crippen molar-refractivity contribution in [1.82, 2.24) is 25.0 Å². The zero-order valence-corrected chi connectivity index (χ0v) is 12.9. The molecule has 0 radical (unpaired) electrons. The van der Waals surface area contributed by atoms with E-state index in [0.717, 1.165) is 38.5 Å². The molecule has 1 N–H and O–H groups in total. The van der Waals surface area contributed by atoms with Gasteiger partial charge in [0.25, 0.3) is 0 Å². The molecule has 1 aliphatic heterocycles. The van der Waals surface area contributed by atoms with Crippen LogP contribution in [0, 0.1) is 0 Å². The van der Waals surface area contributed by atoms with Crippen molar-refractivity contribution >= 4 is 11.3 Å². The van der Waals surface area contributed by atoms with Crippen LogP contribution in [-0.2, 0) is 26.2 Å². The smallest absolute Gasteiger partial charge is 0.147 e. The van der Waals surface area contributed by atoms with Gasteiger partial charge in [-0.1, -0.05) is 13.8 Å². The number of hydrogen-bond acceptors (Lipinski definition) is 5. The van der Waals surface area contributed by atoms with Crippen LogP contribution in [0.2, 0.25) is 0 Å². The van der Waals surface area contributed by atoms with Gasteiger partial charge in [-0.2, -0.15) is 0 Å². The SMILES string of the molecule is CC(C)NCc1ccc(CN2CCn3cnnc3C2)s1. The van der Waals surface area contributed by atoms with Gasteiger partial charge in [-0.15, -0.1) is 21.5 Å². The second-order valence-electron chi connectivity index (χ2n) is 5.55. The Bertz CT molecular complexity index is 559. The highest BCUT2D eigenvalue weighted by Crippen LogP contribution is 2.20. The van der Waals surface area contributed by atoms with E-state index < -0.39 is 0 Å². The first kappa shape index (κ1) is 13.7. The highest BCUT2D eigenvalue weighted by Gasteiger charge is 2.17. The van der Waals surface area contributed by atoms with Crippen LogP contribution in [0.4, 0.5) is 0 Å². The van der Waals surface area contributed by atoms with Crippen LogP contribution in [0.3, 0.4) is 0 Å². The topological polar surface area (TPSA) is 46.0 Å². The van der Waals surface area contributed by atoms with Crippen molar-refractivity contribution in [2.24, 2.45) is 0 Å². The number of aromatic nitrogens is 3. The molecule has 0 bridgehead atoms. The number of rotatable bonds is 5. The van der Waals surface area contributed by atoms with Crippen molar-refractivity contribution < 1.29 is 0 Å². The van der Waals surface area contributed by atoms with Crippen LogP contribution >= 0.6 is 11.3 Å². The molecule has 6 heteroatoms. The van der Waals surface area contributed by atoms with Gasteiger partial charge in [-0.3, -0.25) is 4.90 Å². The van der Waals surface area contributed by atoms with Gasteiger partial charge < -0.3 is 9.88 Å². The summed E-state index contributed by atoms with van der Waals surface area (Å²) in [5.74, 6) is 1.08. The molecule has 2 aromatic rings. The second-order valence-corrected chi connectivity index (χ2v) is 6.81. The normalized spacial score (nSPS) is 15.8. The Labute approximate surface area is 123 Å². The third kappa shape index (κ3) is 3.26. The summed E-state index contributed by atoms with van der Waals surface area (Å²) in [5, 5.41) is 11.6. The van der Waals surface area contributed by atoms with Gasteiger partial charge in [0, 0.05) is 42.0 Å². The van der Waals surface area contributed by atoms with E-state index in [1.54, 1.807) is 0 Å². The molecule has 0 aliphatic carbocycles. The Morgan fingerprint density at radius 2 is 2.15 bits per heavy atom. The van der Waals surface area contributed by atoms with Crippen LogP contribution < -0.4 is 5.32 Å². The van der Waals surface area contributed by atoms with Crippen molar-refractivity contribution in [2.45, 2.75) is 46.1 Å². The second kappa shape index (κ2) is 6.03. The van der Waals surface area contributed by atoms with E-state index in [9.17, 15) is 0 Å². The number of fused-ring (bicyclic) bond motifs is 1. The van der Waals surface area contributed by atoms with Crippen LogP contribution in [0.1, 0.15) is 29.4 Å². The summed E-state index contributed by atoms with van der Waals surface area (Å²) in [6, 6.07) is 5.03. The number of thiophene rings is 1. The Kier molecular flexibility index (Phi) is 4.14. The molecule has 0 spiro atoms.